The quantitative estimate of drug-likeness (QED) is 0.811. The van der Waals surface area contributed by atoms with Crippen molar-refractivity contribution in [2.24, 2.45) is 0 Å². The van der Waals surface area contributed by atoms with Gasteiger partial charge in [-0.1, -0.05) is 11.3 Å². The zero-order valence-corrected chi connectivity index (χ0v) is 9.30. The molecule has 0 spiro atoms. The summed E-state index contributed by atoms with van der Waals surface area (Å²) in [6, 6.07) is 0.438. The molecule has 1 heterocycles. The van der Waals surface area contributed by atoms with E-state index >= 15 is 0 Å². The summed E-state index contributed by atoms with van der Waals surface area (Å²) in [7, 11) is 2.01. The molecule has 0 aliphatic heterocycles. The minimum atomic E-state index is -0.410. The Labute approximate surface area is 83.0 Å². The highest BCUT2D eigenvalue weighted by atomic mass is 32.1. The molecular formula is C9H16N2OS. The molecule has 0 bridgehead atoms. The molecule has 1 aromatic rings. The molecule has 4 heteroatoms. The summed E-state index contributed by atoms with van der Waals surface area (Å²) in [6.45, 7) is 5.99. The first-order chi connectivity index (χ1) is 6.02. The molecule has 3 nitrogen and oxygen atoms in total. The van der Waals surface area contributed by atoms with Crippen LogP contribution in [0.3, 0.4) is 0 Å². The van der Waals surface area contributed by atoms with Gasteiger partial charge in [-0.05, 0) is 20.8 Å². The first-order valence-electron chi connectivity index (χ1n) is 4.39. The lowest BCUT2D eigenvalue weighted by Crippen LogP contribution is -2.25. The second-order valence-corrected chi connectivity index (χ2v) is 4.47. The molecular weight excluding hydrogens is 184 g/mol. The minimum Gasteiger partial charge on any atom is -0.388 e. The van der Waals surface area contributed by atoms with Gasteiger partial charge in [0.1, 0.15) is 0 Å². The lowest BCUT2D eigenvalue weighted by Gasteiger charge is -2.19. The summed E-state index contributed by atoms with van der Waals surface area (Å²) in [4.78, 5) is 7.26. The Balaban J connectivity index is 2.79. The Morgan fingerprint density at radius 2 is 2.08 bits per heavy atom. The highest BCUT2D eigenvalue weighted by Crippen LogP contribution is 2.26. The molecule has 1 atom stereocenters. The predicted octanol–water partition coefficient (Wildman–Crippen LogP) is 2.04. The fourth-order valence-electron chi connectivity index (χ4n) is 0.854. The largest absolute Gasteiger partial charge is 0.388 e. The van der Waals surface area contributed by atoms with Crippen LogP contribution in [0.5, 0.6) is 0 Å². The van der Waals surface area contributed by atoms with E-state index in [1.54, 1.807) is 24.5 Å². The molecule has 0 aliphatic rings. The zero-order chi connectivity index (χ0) is 10.0. The number of aromatic nitrogens is 1. The van der Waals surface area contributed by atoms with Gasteiger partial charge in [0, 0.05) is 19.3 Å². The van der Waals surface area contributed by atoms with Crippen LogP contribution in [0, 0.1) is 0 Å². The first kappa shape index (κ1) is 10.5. The third-order valence-corrected chi connectivity index (χ3v) is 3.26. The SMILES string of the molecule is CC(O)c1cnc(N(C)C(C)C)s1. The standard InChI is InChI=1S/C9H16N2OS/c1-6(2)11(4)9-10-5-8(13-9)7(3)12/h5-7,12H,1-4H3. The first-order valence-corrected chi connectivity index (χ1v) is 5.20. The summed E-state index contributed by atoms with van der Waals surface area (Å²) >= 11 is 1.54. The number of hydrogen-bond acceptors (Lipinski definition) is 4. The highest BCUT2D eigenvalue weighted by Gasteiger charge is 2.11. The molecule has 0 saturated carbocycles. The molecule has 0 saturated heterocycles. The normalized spacial score (nSPS) is 13.4. The second kappa shape index (κ2) is 4.07. The van der Waals surface area contributed by atoms with Crippen LogP contribution in [0.25, 0.3) is 0 Å². The Morgan fingerprint density at radius 3 is 2.46 bits per heavy atom. The predicted molar refractivity (Wildman–Crippen MR) is 56.3 cm³/mol. The van der Waals surface area contributed by atoms with Crippen LogP contribution in [0.2, 0.25) is 0 Å². The molecule has 0 fully saturated rings. The van der Waals surface area contributed by atoms with Crippen LogP contribution >= 0.6 is 11.3 Å². The minimum absolute atomic E-state index is 0.410. The van der Waals surface area contributed by atoms with Gasteiger partial charge in [0.15, 0.2) is 5.13 Å². The van der Waals surface area contributed by atoms with Crippen molar-refractivity contribution in [3.63, 3.8) is 0 Å². The fraction of sp³-hybridized carbons (Fsp3) is 0.667. The van der Waals surface area contributed by atoms with Crippen molar-refractivity contribution < 1.29 is 5.11 Å². The molecule has 0 amide bonds. The van der Waals surface area contributed by atoms with Crippen LogP contribution in [0.1, 0.15) is 31.8 Å². The van der Waals surface area contributed by atoms with Crippen molar-refractivity contribution in [3.05, 3.63) is 11.1 Å². The number of aliphatic hydroxyl groups is 1. The van der Waals surface area contributed by atoms with Crippen molar-refractivity contribution in [1.82, 2.24) is 4.98 Å². The van der Waals surface area contributed by atoms with Crippen LogP contribution < -0.4 is 4.90 Å². The van der Waals surface area contributed by atoms with Gasteiger partial charge in [-0.25, -0.2) is 4.98 Å². The van der Waals surface area contributed by atoms with Crippen LogP contribution in [0.4, 0.5) is 5.13 Å². The van der Waals surface area contributed by atoms with E-state index in [9.17, 15) is 5.11 Å². The Morgan fingerprint density at radius 1 is 1.46 bits per heavy atom. The number of nitrogens with zero attached hydrogens (tertiary/aromatic N) is 2. The lowest BCUT2D eigenvalue weighted by atomic mass is 10.4. The van der Waals surface area contributed by atoms with Gasteiger partial charge in [-0.3, -0.25) is 0 Å². The molecule has 1 aromatic heterocycles. The molecule has 0 aromatic carbocycles. The van der Waals surface area contributed by atoms with E-state index in [1.165, 1.54) is 0 Å². The summed E-state index contributed by atoms with van der Waals surface area (Å²) < 4.78 is 0. The summed E-state index contributed by atoms with van der Waals surface area (Å²) in [6.07, 6.45) is 1.33. The monoisotopic (exact) mass is 200 g/mol. The van der Waals surface area contributed by atoms with E-state index in [-0.39, 0.29) is 0 Å². The summed E-state index contributed by atoms with van der Waals surface area (Å²) in [5, 5.41) is 10.3. The topological polar surface area (TPSA) is 36.4 Å². The van der Waals surface area contributed by atoms with Crippen LogP contribution in [0.15, 0.2) is 6.20 Å². The van der Waals surface area contributed by atoms with Crippen LogP contribution in [-0.2, 0) is 0 Å². The van der Waals surface area contributed by atoms with E-state index in [1.807, 2.05) is 7.05 Å². The van der Waals surface area contributed by atoms with Crippen molar-refractivity contribution in [1.29, 1.82) is 0 Å². The van der Waals surface area contributed by atoms with E-state index in [4.69, 9.17) is 0 Å². The van der Waals surface area contributed by atoms with Gasteiger partial charge in [0.2, 0.25) is 0 Å². The maximum Gasteiger partial charge on any atom is 0.185 e. The molecule has 1 rings (SSSR count). The van der Waals surface area contributed by atoms with Gasteiger partial charge < -0.3 is 10.0 Å². The number of anilines is 1. The maximum absolute atomic E-state index is 9.31. The fourth-order valence-corrected chi connectivity index (χ4v) is 1.80. The molecule has 1 N–H and O–H groups in total. The van der Waals surface area contributed by atoms with Crippen molar-refractivity contribution in [2.75, 3.05) is 11.9 Å². The highest BCUT2D eigenvalue weighted by molar-refractivity contribution is 7.15. The third-order valence-electron chi connectivity index (χ3n) is 2.00. The van der Waals surface area contributed by atoms with Crippen molar-refractivity contribution in [2.45, 2.75) is 32.9 Å². The van der Waals surface area contributed by atoms with Crippen molar-refractivity contribution in [3.8, 4) is 0 Å². The molecule has 13 heavy (non-hydrogen) atoms. The Kier molecular flexibility index (Phi) is 3.27. The molecule has 74 valence electrons. The van der Waals surface area contributed by atoms with Crippen molar-refractivity contribution >= 4 is 16.5 Å². The number of aliphatic hydroxyl groups excluding tert-OH is 1. The maximum atomic E-state index is 9.31. The van der Waals surface area contributed by atoms with Gasteiger partial charge in [-0.15, -0.1) is 0 Å². The van der Waals surface area contributed by atoms with E-state index in [0.717, 1.165) is 10.0 Å². The van der Waals surface area contributed by atoms with Gasteiger partial charge in [0.05, 0.1) is 11.0 Å². The van der Waals surface area contributed by atoms with E-state index < -0.39 is 6.10 Å². The smallest absolute Gasteiger partial charge is 0.185 e. The Hall–Kier alpha value is -0.610. The summed E-state index contributed by atoms with van der Waals surface area (Å²) in [5.41, 5.74) is 0. The van der Waals surface area contributed by atoms with Crippen LogP contribution in [-0.4, -0.2) is 23.2 Å². The second-order valence-electron chi connectivity index (χ2n) is 3.43. The van der Waals surface area contributed by atoms with E-state index in [0.29, 0.717) is 6.04 Å². The van der Waals surface area contributed by atoms with E-state index in [2.05, 4.69) is 23.7 Å². The summed E-state index contributed by atoms with van der Waals surface area (Å²) in [5.74, 6) is 0. The average molecular weight is 200 g/mol. The van der Waals surface area contributed by atoms with Gasteiger partial charge in [-0.2, -0.15) is 0 Å². The average Bonchev–Trinajstić information content (AvgIpc) is 2.50. The Bertz CT molecular complexity index is 270. The van der Waals surface area contributed by atoms with Gasteiger partial charge in [0.25, 0.3) is 0 Å². The zero-order valence-electron chi connectivity index (χ0n) is 8.48. The van der Waals surface area contributed by atoms with Gasteiger partial charge >= 0.3 is 0 Å². The third kappa shape index (κ3) is 2.42. The molecule has 0 radical (unpaired) electrons. The number of thiazole rings is 1. The number of rotatable bonds is 3. The molecule has 0 aliphatic carbocycles. The lowest BCUT2D eigenvalue weighted by molar-refractivity contribution is 0.203. The molecule has 1 unspecified atom stereocenters. The number of hydrogen-bond donors (Lipinski definition) is 1.